The molecular weight excluding hydrogens is 256 g/mol. The van der Waals surface area contributed by atoms with Crippen molar-refractivity contribution in [2.45, 2.75) is 71.1 Å². The maximum Gasteiger partial charge on any atom is 0.225 e. The summed E-state index contributed by atoms with van der Waals surface area (Å²) < 4.78 is 0. The van der Waals surface area contributed by atoms with Gasteiger partial charge in [-0.25, -0.2) is 0 Å². The second-order valence-corrected chi connectivity index (χ2v) is 7.07. The molecule has 0 spiro atoms. The van der Waals surface area contributed by atoms with Crippen LogP contribution in [0.15, 0.2) is 0 Å². The van der Waals surface area contributed by atoms with Gasteiger partial charge in [0.15, 0.2) is 0 Å². The lowest BCUT2D eigenvalue weighted by molar-refractivity contribution is -0.137. The zero-order valence-electron chi connectivity index (χ0n) is 12.7. The Hall–Kier alpha value is -1.10. The Bertz CT molecular complexity index is 375. The third-order valence-electron chi connectivity index (χ3n) is 4.30. The molecule has 114 valence electrons. The van der Waals surface area contributed by atoms with Crippen molar-refractivity contribution in [3.8, 4) is 0 Å². The van der Waals surface area contributed by atoms with Gasteiger partial charge in [-0.1, -0.05) is 20.8 Å². The molecule has 2 fully saturated rings. The molecule has 0 aromatic rings. The molecule has 2 unspecified atom stereocenters. The molecule has 2 saturated heterocycles. The third kappa shape index (κ3) is 3.32. The average Bonchev–Trinajstić information content (AvgIpc) is 2.60. The molecule has 0 aromatic heterocycles. The smallest absolute Gasteiger partial charge is 0.225 e. The molecule has 0 radical (unpaired) electrons. The second kappa shape index (κ2) is 5.72. The molecule has 2 aliphatic rings. The van der Waals surface area contributed by atoms with Crippen molar-refractivity contribution in [3.63, 3.8) is 0 Å². The van der Waals surface area contributed by atoms with Gasteiger partial charge in [0, 0.05) is 30.5 Å². The van der Waals surface area contributed by atoms with Crippen molar-refractivity contribution in [1.82, 2.24) is 10.2 Å². The lowest BCUT2D eigenvalue weighted by Crippen LogP contribution is -2.48. The van der Waals surface area contributed by atoms with Gasteiger partial charge in [0.05, 0.1) is 6.10 Å². The first kappa shape index (κ1) is 15.3. The summed E-state index contributed by atoms with van der Waals surface area (Å²) in [7, 11) is 0. The van der Waals surface area contributed by atoms with Gasteiger partial charge in [0.2, 0.25) is 11.8 Å². The van der Waals surface area contributed by atoms with Gasteiger partial charge < -0.3 is 15.3 Å². The highest BCUT2D eigenvalue weighted by atomic mass is 16.3. The number of nitrogens with zero attached hydrogens (tertiary/aromatic N) is 1. The first-order chi connectivity index (χ1) is 9.29. The number of carbonyl (C=O) groups is 2. The van der Waals surface area contributed by atoms with Crippen LogP contribution in [-0.4, -0.2) is 46.6 Å². The molecule has 2 aliphatic heterocycles. The summed E-state index contributed by atoms with van der Waals surface area (Å²) in [6.45, 7) is 5.97. The maximum atomic E-state index is 12.3. The predicted octanol–water partition coefficient (Wildman–Crippen LogP) is 1.05. The van der Waals surface area contributed by atoms with E-state index in [-0.39, 0.29) is 30.0 Å². The van der Waals surface area contributed by atoms with Gasteiger partial charge in [-0.05, 0) is 25.7 Å². The summed E-state index contributed by atoms with van der Waals surface area (Å²) in [5, 5.41) is 12.5. The molecule has 20 heavy (non-hydrogen) atoms. The number of rotatable bonds is 3. The van der Waals surface area contributed by atoms with Crippen molar-refractivity contribution in [1.29, 1.82) is 0 Å². The van der Waals surface area contributed by atoms with Crippen LogP contribution in [0.5, 0.6) is 0 Å². The van der Waals surface area contributed by atoms with Crippen LogP contribution in [-0.2, 0) is 9.59 Å². The van der Waals surface area contributed by atoms with Crippen molar-refractivity contribution in [3.05, 3.63) is 0 Å². The first-order valence-corrected chi connectivity index (χ1v) is 7.56. The van der Waals surface area contributed by atoms with E-state index in [4.69, 9.17) is 0 Å². The number of aliphatic hydroxyl groups is 1. The summed E-state index contributed by atoms with van der Waals surface area (Å²) in [6.07, 6.45) is 3.51. The monoisotopic (exact) mass is 282 g/mol. The Morgan fingerprint density at radius 2 is 1.75 bits per heavy atom. The lowest BCUT2D eigenvalue weighted by Gasteiger charge is -2.37. The fraction of sp³-hybridized carbons (Fsp3) is 0.867. The fourth-order valence-electron chi connectivity index (χ4n) is 3.23. The number of fused-ring (bicyclic) bond motifs is 2. The highest BCUT2D eigenvalue weighted by molar-refractivity contribution is 5.82. The first-order valence-electron chi connectivity index (χ1n) is 7.56. The van der Waals surface area contributed by atoms with Gasteiger partial charge in [0.25, 0.3) is 0 Å². The summed E-state index contributed by atoms with van der Waals surface area (Å²) in [6, 6.07) is 0.407. The van der Waals surface area contributed by atoms with E-state index in [1.807, 2.05) is 25.7 Å². The minimum Gasteiger partial charge on any atom is -0.393 e. The van der Waals surface area contributed by atoms with E-state index in [9.17, 15) is 14.7 Å². The number of amides is 2. The number of carbonyl (C=O) groups excluding carboxylic acids is 2. The molecule has 0 aromatic carbocycles. The largest absolute Gasteiger partial charge is 0.393 e. The van der Waals surface area contributed by atoms with Crippen molar-refractivity contribution in [2.24, 2.45) is 5.41 Å². The normalized spacial score (nSPS) is 29.4. The van der Waals surface area contributed by atoms with Gasteiger partial charge in [-0.15, -0.1) is 0 Å². The molecule has 5 heteroatoms. The molecule has 2 amide bonds. The van der Waals surface area contributed by atoms with Gasteiger partial charge >= 0.3 is 0 Å². The zero-order chi connectivity index (χ0) is 14.9. The van der Waals surface area contributed by atoms with Gasteiger partial charge in [0.1, 0.15) is 0 Å². The minimum absolute atomic E-state index is 0.0256. The molecule has 2 bridgehead atoms. The topological polar surface area (TPSA) is 69.6 Å². The predicted molar refractivity (Wildman–Crippen MR) is 76.0 cm³/mol. The minimum atomic E-state index is -0.419. The highest BCUT2D eigenvalue weighted by Crippen LogP contribution is 2.36. The highest BCUT2D eigenvalue weighted by Gasteiger charge is 2.42. The summed E-state index contributed by atoms with van der Waals surface area (Å²) in [5.74, 6) is 0.0842. The third-order valence-corrected chi connectivity index (χ3v) is 4.30. The van der Waals surface area contributed by atoms with E-state index in [0.29, 0.717) is 25.8 Å². The molecule has 0 aliphatic carbocycles. The quantitative estimate of drug-likeness (QED) is 0.813. The van der Waals surface area contributed by atoms with Crippen molar-refractivity contribution >= 4 is 11.8 Å². The van der Waals surface area contributed by atoms with E-state index < -0.39 is 5.41 Å². The maximum absolute atomic E-state index is 12.3. The van der Waals surface area contributed by atoms with E-state index >= 15 is 0 Å². The molecule has 2 heterocycles. The van der Waals surface area contributed by atoms with Crippen molar-refractivity contribution in [2.75, 3.05) is 6.54 Å². The summed E-state index contributed by atoms with van der Waals surface area (Å²) in [4.78, 5) is 26.0. The lowest BCUT2D eigenvalue weighted by atomic mass is 9.95. The van der Waals surface area contributed by atoms with Gasteiger partial charge in [-0.2, -0.15) is 0 Å². The van der Waals surface area contributed by atoms with Crippen LogP contribution >= 0.6 is 0 Å². The van der Waals surface area contributed by atoms with E-state index in [0.717, 1.165) is 12.8 Å². The summed E-state index contributed by atoms with van der Waals surface area (Å²) >= 11 is 0. The molecule has 2 rings (SSSR count). The number of hydrogen-bond donors (Lipinski definition) is 2. The number of piperidine rings is 1. The second-order valence-electron chi connectivity index (χ2n) is 7.07. The SMILES string of the molecule is CC(C)(C)C(=O)NCCC(=O)N1C2CCC1CC(O)C2. The van der Waals surface area contributed by atoms with Crippen LogP contribution < -0.4 is 5.32 Å². The summed E-state index contributed by atoms with van der Waals surface area (Å²) in [5.41, 5.74) is -0.419. The molecule has 5 nitrogen and oxygen atoms in total. The zero-order valence-corrected chi connectivity index (χ0v) is 12.7. The Morgan fingerprint density at radius 1 is 1.20 bits per heavy atom. The molecule has 2 N–H and O–H groups in total. The average molecular weight is 282 g/mol. The van der Waals surface area contributed by atoms with Gasteiger partial charge in [-0.3, -0.25) is 9.59 Å². The number of hydrogen-bond acceptors (Lipinski definition) is 3. The molecular formula is C15H26N2O3. The Balaban J connectivity index is 1.80. The van der Waals surface area contributed by atoms with E-state index in [1.54, 1.807) is 0 Å². The standard InChI is InChI=1S/C15H26N2O3/c1-15(2,3)14(20)16-7-6-13(19)17-10-4-5-11(17)9-12(18)8-10/h10-12,18H,4-9H2,1-3H3,(H,16,20). The fourth-order valence-corrected chi connectivity index (χ4v) is 3.23. The van der Waals surface area contributed by atoms with Crippen LogP contribution in [0.2, 0.25) is 0 Å². The molecule has 0 saturated carbocycles. The van der Waals surface area contributed by atoms with Crippen LogP contribution in [0.3, 0.4) is 0 Å². The molecule has 2 atom stereocenters. The van der Waals surface area contributed by atoms with E-state index in [1.165, 1.54) is 0 Å². The number of aliphatic hydroxyl groups excluding tert-OH is 1. The number of nitrogens with one attached hydrogen (secondary N) is 1. The Morgan fingerprint density at radius 3 is 2.25 bits per heavy atom. The Labute approximate surface area is 120 Å². The Kier molecular flexibility index (Phi) is 4.37. The van der Waals surface area contributed by atoms with Crippen LogP contribution in [0, 0.1) is 5.41 Å². The van der Waals surface area contributed by atoms with Crippen LogP contribution in [0.1, 0.15) is 52.9 Å². The van der Waals surface area contributed by atoms with Crippen molar-refractivity contribution < 1.29 is 14.7 Å². The van der Waals surface area contributed by atoms with Crippen LogP contribution in [0.4, 0.5) is 0 Å². The van der Waals surface area contributed by atoms with Crippen LogP contribution in [0.25, 0.3) is 0 Å². The van der Waals surface area contributed by atoms with E-state index in [2.05, 4.69) is 5.32 Å².